The molecule has 0 aliphatic heterocycles. The van der Waals surface area contributed by atoms with Gasteiger partial charge in [-0.25, -0.2) is 5.43 Å². The van der Waals surface area contributed by atoms with Crippen molar-refractivity contribution in [3.05, 3.63) is 98.8 Å². The lowest BCUT2D eigenvalue weighted by Crippen LogP contribution is -2.16. The van der Waals surface area contributed by atoms with E-state index in [1.807, 2.05) is 18.2 Å². The van der Waals surface area contributed by atoms with Crippen LogP contribution in [0.15, 0.2) is 64.1 Å². The van der Waals surface area contributed by atoms with Gasteiger partial charge < -0.3 is 9.15 Å². The number of non-ortho nitro benzene ring substituents is 1. The van der Waals surface area contributed by atoms with Gasteiger partial charge >= 0.3 is 5.91 Å². The van der Waals surface area contributed by atoms with Gasteiger partial charge in [0.05, 0.1) is 18.3 Å². The molecule has 0 saturated heterocycles. The van der Waals surface area contributed by atoms with E-state index in [9.17, 15) is 14.9 Å². The predicted molar refractivity (Wildman–Crippen MR) is 151 cm³/mol. The molecule has 0 unspecified atom stereocenters. The first-order valence-electron chi connectivity index (χ1n) is 9.78. The Kier molecular flexibility index (Phi) is 8.14. The third-order valence-corrected chi connectivity index (χ3v) is 6.91. The molecule has 1 heterocycles. The van der Waals surface area contributed by atoms with Gasteiger partial charge in [0, 0.05) is 33.1 Å². The van der Waals surface area contributed by atoms with E-state index in [0.717, 1.165) is 18.3 Å². The minimum Gasteiger partial charge on any atom is -0.487 e. The van der Waals surface area contributed by atoms with E-state index in [4.69, 9.17) is 32.4 Å². The second-order valence-electron chi connectivity index (χ2n) is 7.13. The lowest BCUT2D eigenvalue weighted by molar-refractivity contribution is -0.384. The zero-order valence-corrected chi connectivity index (χ0v) is 23.3. The SMILES string of the molecule is O=C(N/N=C/c1cc(I)c(OCc2ccc(Cl)cc2Cl)c(I)c1)c1cc2cc([N+](=O)[O-])ccc2o1. The number of carbonyl (C=O) groups is 1. The summed E-state index contributed by atoms with van der Waals surface area (Å²) in [5.41, 5.74) is 4.24. The van der Waals surface area contributed by atoms with E-state index in [2.05, 4.69) is 55.7 Å². The number of amides is 1. The minimum absolute atomic E-state index is 0.00795. The van der Waals surface area contributed by atoms with E-state index in [-0.39, 0.29) is 18.1 Å². The second-order valence-corrected chi connectivity index (χ2v) is 10.3. The number of fused-ring (bicyclic) bond motifs is 1. The van der Waals surface area contributed by atoms with Crippen molar-refractivity contribution in [3.8, 4) is 5.75 Å². The van der Waals surface area contributed by atoms with E-state index >= 15 is 0 Å². The molecule has 0 bridgehead atoms. The first-order valence-corrected chi connectivity index (χ1v) is 12.7. The lowest BCUT2D eigenvalue weighted by Gasteiger charge is -2.12. The molecule has 35 heavy (non-hydrogen) atoms. The summed E-state index contributed by atoms with van der Waals surface area (Å²) in [6.07, 6.45) is 1.50. The van der Waals surface area contributed by atoms with Crippen LogP contribution in [0.4, 0.5) is 5.69 Å². The molecule has 0 spiro atoms. The van der Waals surface area contributed by atoms with Crippen LogP contribution in [0.5, 0.6) is 5.75 Å². The quantitative estimate of drug-likeness (QED) is 0.0936. The van der Waals surface area contributed by atoms with Crippen LogP contribution >= 0.6 is 68.4 Å². The maximum absolute atomic E-state index is 12.4. The van der Waals surface area contributed by atoms with Crippen LogP contribution in [0.3, 0.4) is 0 Å². The Balaban J connectivity index is 1.42. The standard InChI is InChI=1S/C23H13Cl2I2N3O5/c24-15-2-1-13(17(25)9-15)11-34-22-18(26)5-12(6-19(22)27)10-28-29-23(31)21-8-14-7-16(30(32)33)3-4-20(14)35-21/h1-10H,11H2,(H,29,31)/b28-10+. The van der Waals surface area contributed by atoms with Crippen LogP contribution in [0.2, 0.25) is 10.0 Å². The van der Waals surface area contributed by atoms with Crippen LogP contribution in [0, 0.1) is 17.3 Å². The molecule has 0 aliphatic rings. The molecular formula is C23H13Cl2I2N3O5. The number of benzene rings is 3. The number of nitro benzene ring substituents is 1. The van der Waals surface area contributed by atoms with Gasteiger partial charge in [0.1, 0.15) is 17.9 Å². The number of hydrogen-bond acceptors (Lipinski definition) is 6. The fraction of sp³-hybridized carbons (Fsp3) is 0.0435. The van der Waals surface area contributed by atoms with Gasteiger partial charge in [-0.3, -0.25) is 14.9 Å². The van der Waals surface area contributed by atoms with Gasteiger partial charge in [-0.2, -0.15) is 5.10 Å². The number of carbonyl (C=O) groups excluding carboxylic acids is 1. The zero-order valence-electron chi connectivity index (χ0n) is 17.4. The number of hydrogen-bond donors (Lipinski definition) is 1. The van der Waals surface area contributed by atoms with E-state index in [0.29, 0.717) is 26.8 Å². The fourth-order valence-electron chi connectivity index (χ4n) is 3.06. The monoisotopic (exact) mass is 735 g/mol. The van der Waals surface area contributed by atoms with Crippen molar-refractivity contribution >= 4 is 97.2 Å². The summed E-state index contributed by atoms with van der Waals surface area (Å²) < 4.78 is 13.1. The van der Waals surface area contributed by atoms with Crippen molar-refractivity contribution in [2.45, 2.75) is 6.61 Å². The number of hydrazone groups is 1. The van der Waals surface area contributed by atoms with Crippen molar-refractivity contribution in [1.29, 1.82) is 0 Å². The van der Waals surface area contributed by atoms with Gasteiger partial charge in [-0.05, 0) is 87.1 Å². The van der Waals surface area contributed by atoms with E-state index < -0.39 is 10.8 Å². The van der Waals surface area contributed by atoms with E-state index in [1.165, 1.54) is 30.5 Å². The molecule has 12 heteroatoms. The number of nitrogens with one attached hydrogen (secondary N) is 1. The normalized spacial score (nSPS) is 11.2. The number of rotatable bonds is 7. The Morgan fingerprint density at radius 3 is 2.54 bits per heavy atom. The van der Waals surface area contributed by atoms with Crippen molar-refractivity contribution in [2.24, 2.45) is 5.10 Å². The highest BCUT2D eigenvalue weighted by Crippen LogP contribution is 2.30. The summed E-state index contributed by atoms with van der Waals surface area (Å²) in [4.78, 5) is 22.8. The molecule has 178 valence electrons. The summed E-state index contributed by atoms with van der Waals surface area (Å²) in [5.74, 6) is 0.116. The van der Waals surface area contributed by atoms with E-state index in [1.54, 1.807) is 12.1 Å². The molecule has 0 atom stereocenters. The highest BCUT2D eigenvalue weighted by atomic mass is 127. The smallest absolute Gasteiger partial charge is 0.307 e. The Hall–Kier alpha value is -2.42. The number of nitro groups is 1. The molecule has 0 saturated carbocycles. The second kappa shape index (κ2) is 11.1. The summed E-state index contributed by atoms with van der Waals surface area (Å²) >= 11 is 16.5. The van der Waals surface area contributed by atoms with Crippen molar-refractivity contribution in [3.63, 3.8) is 0 Å². The predicted octanol–water partition coefficient (Wildman–Crippen LogP) is 7.20. The van der Waals surface area contributed by atoms with Crippen molar-refractivity contribution in [1.82, 2.24) is 5.43 Å². The molecule has 8 nitrogen and oxygen atoms in total. The third-order valence-electron chi connectivity index (χ3n) is 4.72. The molecule has 1 aromatic heterocycles. The van der Waals surface area contributed by atoms with Gasteiger partial charge in [-0.1, -0.05) is 29.3 Å². The fourth-order valence-corrected chi connectivity index (χ4v) is 5.65. The summed E-state index contributed by atoms with van der Waals surface area (Å²) in [6, 6.07) is 14.5. The lowest BCUT2D eigenvalue weighted by atomic mass is 10.2. The van der Waals surface area contributed by atoms with Crippen LogP contribution < -0.4 is 10.2 Å². The van der Waals surface area contributed by atoms with Crippen LogP contribution in [0.25, 0.3) is 11.0 Å². The molecule has 0 fully saturated rings. The first kappa shape index (κ1) is 25.7. The molecular weight excluding hydrogens is 723 g/mol. The number of furan rings is 1. The summed E-state index contributed by atoms with van der Waals surface area (Å²) in [7, 11) is 0. The largest absolute Gasteiger partial charge is 0.487 e. The Labute approximate surface area is 236 Å². The molecule has 4 rings (SSSR count). The third kappa shape index (κ3) is 6.23. The maximum Gasteiger partial charge on any atom is 0.307 e. The maximum atomic E-state index is 12.4. The molecule has 0 aliphatic carbocycles. The van der Waals surface area contributed by atoms with Gasteiger partial charge in [-0.15, -0.1) is 0 Å². The first-order chi connectivity index (χ1) is 16.7. The Bertz CT molecular complexity index is 1470. The molecule has 3 aromatic carbocycles. The van der Waals surface area contributed by atoms with Crippen molar-refractivity contribution < 1.29 is 18.9 Å². The van der Waals surface area contributed by atoms with Crippen molar-refractivity contribution in [2.75, 3.05) is 0 Å². The summed E-state index contributed by atoms with van der Waals surface area (Å²) in [5, 5.41) is 16.4. The molecule has 1 N–H and O–H groups in total. The topological polar surface area (TPSA) is 107 Å². The Morgan fingerprint density at radius 2 is 1.86 bits per heavy atom. The molecule has 0 radical (unpaired) electrons. The molecule has 4 aromatic rings. The highest BCUT2D eigenvalue weighted by molar-refractivity contribution is 14.1. The number of ether oxygens (including phenoxy) is 1. The number of halogens is 4. The average molecular weight is 736 g/mol. The minimum atomic E-state index is -0.579. The van der Waals surface area contributed by atoms with Crippen LogP contribution in [0.1, 0.15) is 21.7 Å². The Morgan fingerprint density at radius 1 is 1.11 bits per heavy atom. The number of nitrogens with zero attached hydrogens (tertiary/aromatic N) is 2. The molecule has 1 amide bonds. The van der Waals surface area contributed by atoms with Crippen LogP contribution in [-0.2, 0) is 6.61 Å². The van der Waals surface area contributed by atoms with Gasteiger partial charge in [0.15, 0.2) is 5.76 Å². The van der Waals surface area contributed by atoms with Gasteiger partial charge in [0.2, 0.25) is 0 Å². The summed E-state index contributed by atoms with van der Waals surface area (Å²) in [6.45, 7) is 0.284. The highest BCUT2D eigenvalue weighted by Gasteiger charge is 2.15. The van der Waals surface area contributed by atoms with Gasteiger partial charge in [0.25, 0.3) is 5.69 Å². The zero-order chi connectivity index (χ0) is 25.1. The average Bonchev–Trinajstić information content (AvgIpc) is 3.23. The van der Waals surface area contributed by atoms with Crippen LogP contribution in [-0.4, -0.2) is 17.0 Å².